The van der Waals surface area contributed by atoms with Crippen LogP contribution in [0.1, 0.15) is 98.8 Å². The lowest BCUT2D eigenvalue weighted by Gasteiger charge is -2.16. The first-order chi connectivity index (χ1) is 12.2. The Hall–Kier alpha value is -1.06. The molecule has 0 fully saturated rings. The Morgan fingerprint density at radius 1 is 0.731 bits per heavy atom. The van der Waals surface area contributed by atoms with Gasteiger partial charge in [0.05, 0.1) is 0 Å². The van der Waals surface area contributed by atoms with Crippen LogP contribution in [0.25, 0.3) is 0 Å². The largest absolute Gasteiger partial charge is 0.480 e. The SMILES string of the molecule is CC(C)CCCC(C)CCCC(C)CCCC(C)CC(=O)NCC(=O)O. The summed E-state index contributed by atoms with van der Waals surface area (Å²) < 4.78 is 0. The first kappa shape index (κ1) is 24.9. The second-order valence-corrected chi connectivity index (χ2v) is 8.88. The van der Waals surface area contributed by atoms with E-state index in [0.717, 1.165) is 30.6 Å². The third-order valence-electron chi connectivity index (χ3n) is 5.24. The van der Waals surface area contributed by atoms with Gasteiger partial charge in [0, 0.05) is 6.42 Å². The summed E-state index contributed by atoms with van der Waals surface area (Å²) in [5.41, 5.74) is 0. The molecule has 0 saturated carbocycles. The Labute approximate surface area is 161 Å². The van der Waals surface area contributed by atoms with Crippen LogP contribution in [0.4, 0.5) is 0 Å². The fourth-order valence-corrected chi connectivity index (χ4v) is 3.46. The van der Waals surface area contributed by atoms with E-state index in [1.54, 1.807) is 0 Å². The second kappa shape index (κ2) is 15.0. The van der Waals surface area contributed by atoms with Crippen LogP contribution in [0.2, 0.25) is 0 Å². The van der Waals surface area contributed by atoms with E-state index in [2.05, 4.69) is 39.9 Å². The Morgan fingerprint density at radius 2 is 1.15 bits per heavy atom. The molecule has 0 rings (SSSR count). The van der Waals surface area contributed by atoms with Crippen molar-refractivity contribution in [2.45, 2.75) is 98.8 Å². The van der Waals surface area contributed by atoms with Crippen LogP contribution in [-0.4, -0.2) is 23.5 Å². The molecular weight excluding hydrogens is 326 g/mol. The zero-order chi connectivity index (χ0) is 19.9. The minimum Gasteiger partial charge on any atom is -0.480 e. The Kier molecular flexibility index (Phi) is 14.4. The van der Waals surface area contributed by atoms with Crippen molar-refractivity contribution in [2.24, 2.45) is 23.7 Å². The summed E-state index contributed by atoms with van der Waals surface area (Å²) in [6.07, 6.45) is 11.9. The minimum atomic E-state index is -0.992. The van der Waals surface area contributed by atoms with Crippen LogP contribution in [0.3, 0.4) is 0 Å². The Bertz CT molecular complexity index is 382. The maximum absolute atomic E-state index is 11.6. The van der Waals surface area contributed by atoms with E-state index in [4.69, 9.17) is 5.11 Å². The molecule has 3 atom stereocenters. The third-order valence-corrected chi connectivity index (χ3v) is 5.24. The van der Waals surface area contributed by atoms with E-state index in [-0.39, 0.29) is 12.5 Å². The maximum atomic E-state index is 11.6. The standard InChI is InChI=1S/C22H43NO3/c1-17(2)9-6-10-18(3)11-7-12-19(4)13-8-14-20(5)15-21(24)23-16-22(25)26/h17-20H,6-16H2,1-5H3,(H,23,24)(H,25,26). The molecule has 4 nitrogen and oxygen atoms in total. The smallest absolute Gasteiger partial charge is 0.322 e. The highest BCUT2D eigenvalue weighted by molar-refractivity contribution is 5.81. The van der Waals surface area contributed by atoms with Gasteiger partial charge in [-0.2, -0.15) is 0 Å². The number of carbonyl (C=O) groups is 2. The van der Waals surface area contributed by atoms with Gasteiger partial charge in [-0.3, -0.25) is 9.59 Å². The number of hydrogen-bond donors (Lipinski definition) is 2. The molecule has 0 spiro atoms. The van der Waals surface area contributed by atoms with E-state index in [1.807, 2.05) is 0 Å². The lowest BCUT2D eigenvalue weighted by molar-refractivity contribution is -0.138. The number of aliphatic carboxylic acids is 1. The Morgan fingerprint density at radius 3 is 1.58 bits per heavy atom. The van der Waals surface area contributed by atoms with Gasteiger partial charge in [0.2, 0.25) is 5.91 Å². The van der Waals surface area contributed by atoms with E-state index < -0.39 is 5.97 Å². The van der Waals surface area contributed by atoms with Crippen molar-refractivity contribution in [3.05, 3.63) is 0 Å². The van der Waals surface area contributed by atoms with Gasteiger partial charge >= 0.3 is 5.97 Å². The molecule has 0 radical (unpaired) electrons. The molecule has 0 aromatic heterocycles. The first-order valence-corrected chi connectivity index (χ1v) is 10.7. The van der Waals surface area contributed by atoms with Crippen LogP contribution < -0.4 is 5.32 Å². The lowest BCUT2D eigenvalue weighted by Crippen LogP contribution is -2.30. The van der Waals surface area contributed by atoms with E-state index in [0.29, 0.717) is 12.3 Å². The normalized spacial score (nSPS) is 14.8. The summed E-state index contributed by atoms with van der Waals surface area (Å²) >= 11 is 0. The minimum absolute atomic E-state index is 0.153. The van der Waals surface area contributed by atoms with Crippen LogP contribution in [0.5, 0.6) is 0 Å². The fraction of sp³-hybridized carbons (Fsp3) is 0.909. The lowest BCUT2D eigenvalue weighted by atomic mass is 9.90. The highest BCUT2D eigenvalue weighted by Gasteiger charge is 2.11. The van der Waals surface area contributed by atoms with Gasteiger partial charge in [-0.15, -0.1) is 0 Å². The fourth-order valence-electron chi connectivity index (χ4n) is 3.46. The maximum Gasteiger partial charge on any atom is 0.322 e. The first-order valence-electron chi connectivity index (χ1n) is 10.7. The molecule has 2 N–H and O–H groups in total. The summed E-state index contributed by atoms with van der Waals surface area (Å²) in [5, 5.41) is 11.0. The molecule has 0 heterocycles. The van der Waals surface area contributed by atoms with Gasteiger partial charge < -0.3 is 10.4 Å². The van der Waals surface area contributed by atoms with E-state index in [1.165, 1.54) is 44.9 Å². The molecule has 1 amide bonds. The quantitative estimate of drug-likeness (QED) is 0.369. The van der Waals surface area contributed by atoms with Gasteiger partial charge in [0.25, 0.3) is 0 Å². The summed E-state index contributed by atoms with van der Waals surface area (Å²) in [6.45, 7) is 11.1. The molecule has 4 heteroatoms. The molecule has 0 aromatic rings. The number of carbonyl (C=O) groups excluding carboxylic acids is 1. The second-order valence-electron chi connectivity index (χ2n) is 8.88. The summed E-state index contributed by atoms with van der Waals surface area (Å²) in [7, 11) is 0. The molecule has 0 aliphatic rings. The summed E-state index contributed by atoms with van der Waals surface area (Å²) in [4.78, 5) is 22.0. The van der Waals surface area contributed by atoms with Crippen molar-refractivity contribution in [3.63, 3.8) is 0 Å². The zero-order valence-corrected chi connectivity index (χ0v) is 17.9. The van der Waals surface area contributed by atoms with Crippen molar-refractivity contribution < 1.29 is 14.7 Å². The van der Waals surface area contributed by atoms with Crippen molar-refractivity contribution in [1.29, 1.82) is 0 Å². The van der Waals surface area contributed by atoms with Crippen LogP contribution >= 0.6 is 0 Å². The highest BCUT2D eigenvalue weighted by Crippen LogP contribution is 2.22. The van der Waals surface area contributed by atoms with E-state index >= 15 is 0 Å². The molecule has 3 unspecified atom stereocenters. The van der Waals surface area contributed by atoms with Crippen LogP contribution in [0.15, 0.2) is 0 Å². The zero-order valence-electron chi connectivity index (χ0n) is 17.9. The Balaban J connectivity index is 3.65. The average molecular weight is 370 g/mol. The van der Waals surface area contributed by atoms with E-state index in [9.17, 15) is 9.59 Å². The van der Waals surface area contributed by atoms with Crippen molar-refractivity contribution in [3.8, 4) is 0 Å². The molecule has 0 bridgehead atoms. The number of nitrogens with one attached hydrogen (secondary N) is 1. The molecule has 0 aliphatic carbocycles. The molecule has 154 valence electrons. The molecule has 0 saturated heterocycles. The molecule has 0 aliphatic heterocycles. The molecule has 26 heavy (non-hydrogen) atoms. The van der Waals surface area contributed by atoms with Crippen molar-refractivity contribution in [1.82, 2.24) is 5.32 Å². The van der Waals surface area contributed by atoms with Crippen LogP contribution in [-0.2, 0) is 9.59 Å². The number of rotatable bonds is 16. The average Bonchev–Trinajstić information content (AvgIpc) is 2.52. The topological polar surface area (TPSA) is 66.4 Å². The van der Waals surface area contributed by atoms with Gasteiger partial charge in [0.1, 0.15) is 6.54 Å². The predicted octanol–water partition coefficient (Wildman–Crippen LogP) is 5.65. The third kappa shape index (κ3) is 16.4. The highest BCUT2D eigenvalue weighted by atomic mass is 16.4. The van der Waals surface area contributed by atoms with Gasteiger partial charge in [-0.1, -0.05) is 92.4 Å². The number of carboxylic acids is 1. The summed E-state index contributed by atoms with van der Waals surface area (Å²) in [6, 6.07) is 0. The van der Waals surface area contributed by atoms with Crippen molar-refractivity contribution >= 4 is 11.9 Å². The number of carboxylic acid groups (broad SMARTS) is 1. The van der Waals surface area contributed by atoms with Gasteiger partial charge in [0.15, 0.2) is 0 Å². The molecular formula is C22H43NO3. The monoisotopic (exact) mass is 369 g/mol. The van der Waals surface area contributed by atoms with Crippen LogP contribution in [0, 0.1) is 23.7 Å². The van der Waals surface area contributed by atoms with Crippen molar-refractivity contribution in [2.75, 3.05) is 6.54 Å². The van der Waals surface area contributed by atoms with Gasteiger partial charge in [-0.25, -0.2) is 0 Å². The predicted molar refractivity (Wildman–Crippen MR) is 109 cm³/mol. The summed E-state index contributed by atoms with van der Waals surface area (Å²) in [5.74, 6) is 1.61. The number of hydrogen-bond acceptors (Lipinski definition) is 2. The molecule has 0 aromatic carbocycles. The van der Waals surface area contributed by atoms with Gasteiger partial charge in [-0.05, 0) is 23.7 Å². The number of amides is 1.